The molecule has 1 amide bonds. The minimum Gasteiger partial charge on any atom is -0.493 e. The third-order valence-electron chi connectivity index (χ3n) is 5.30. The number of ether oxygens (including phenoxy) is 2. The van der Waals surface area contributed by atoms with Gasteiger partial charge in [-0.15, -0.1) is 0 Å². The van der Waals surface area contributed by atoms with Crippen LogP contribution in [0, 0.1) is 0 Å². The molecular formula is C24H22F3N5O4. The number of aromatic nitrogens is 4. The van der Waals surface area contributed by atoms with Crippen molar-refractivity contribution in [3.05, 3.63) is 82.5 Å². The molecule has 0 aliphatic rings. The number of carbonyl (C=O) groups excluding carboxylic acids is 1. The molecule has 0 radical (unpaired) electrons. The fourth-order valence-electron chi connectivity index (χ4n) is 3.55. The van der Waals surface area contributed by atoms with Crippen molar-refractivity contribution in [2.75, 3.05) is 20.3 Å². The first kappa shape index (κ1) is 24.8. The summed E-state index contributed by atoms with van der Waals surface area (Å²) in [6.07, 6.45) is -1.86. The van der Waals surface area contributed by atoms with Gasteiger partial charge in [0.05, 0.1) is 32.0 Å². The fourth-order valence-corrected chi connectivity index (χ4v) is 3.55. The third kappa shape index (κ3) is 5.65. The Balaban J connectivity index is 1.37. The van der Waals surface area contributed by atoms with Crippen molar-refractivity contribution in [3.8, 4) is 11.5 Å². The smallest absolute Gasteiger partial charge is 0.416 e. The largest absolute Gasteiger partial charge is 0.493 e. The number of rotatable bonds is 9. The number of hydrogen-bond donors (Lipinski definition) is 1. The molecule has 0 aliphatic heterocycles. The number of halogens is 3. The molecule has 2 aromatic heterocycles. The van der Waals surface area contributed by atoms with Gasteiger partial charge in [-0.25, -0.2) is 9.67 Å². The zero-order chi connectivity index (χ0) is 25.7. The second kappa shape index (κ2) is 10.5. The van der Waals surface area contributed by atoms with E-state index >= 15 is 0 Å². The Morgan fingerprint density at radius 1 is 1.11 bits per heavy atom. The Hall–Kier alpha value is -4.35. The van der Waals surface area contributed by atoms with Gasteiger partial charge in [0.15, 0.2) is 23.8 Å². The highest BCUT2D eigenvalue weighted by Crippen LogP contribution is 2.29. The Morgan fingerprint density at radius 3 is 2.64 bits per heavy atom. The Labute approximate surface area is 203 Å². The quantitative estimate of drug-likeness (QED) is 0.379. The minimum absolute atomic E-state index is 0.0703. The van der Waals surface area contributed by atoms with Gasteiger partial charge in [-0.2, -0.15) is 18.3 Å². The molecule has 0 saturated heterocycles. The zero-order valence-corrected chi connectivity index (χ0v) is 19.2. The van der Waals surface area contributed by atoms with E-state index in [1.54, 1.807) is 24.3 Å². The molecule has 2 aromatic carbocycles. The summed E-state index contributed by atoms with van der Waals surface area (Å²) in [5, 5.41) is 7.08. The van der Waals surface area contributed by atoms with Gasteiger partial charge in [-0.3, -0.25) is 14.2 Å². The minimum atomic E-state index is -4.47. The summed E-state index contributed by atoms with van der Waals surface area (Å²) in [5.74, 6) is 0.603. The van der Waals surface area contributed by atoms with E-state index in [4.69, 9.17) is 9.47 Å². The summed E-state index contributed by atoms with van der Waals surface area (Å²) >= 11 is 0. The van der Waals surface area contributed by atoms with Gasteiger partial charge in [-0.1, -0.05) is 24.3 Å². The highest BCUT2D eigenvalue weighted by molar-refractivity contribution is 5.77. The van der Waals surface area contributed by atoms with E-state index in [-0.39, 0.29) is 37.5 Å². The Kier molecular flexibility index (Phi) is 7.23. The molecule has 12 heteroatoms. The highest BCUT2D eigenvalue weighted by atomic mass is 19.4. The number of alkyl halides is 3. The van der Waals surface area contributed by atoms with Crippen LogP contribution in [0.15, 0.2) is 65.8 Å². The van der Waals surface area contributed by atoms with Crippen LogP contribution >= 0.6 is 0 Å². The van der Waals surface area contributed by atoms with E-state index in [9.17, 15) is 22.8 Å². The molecule has 1 N–H and O–H groups in total. The van der Waals surface area contributed by atoms with Gasteiger partial charge in [0, 0.05) is 6.54 Å². The number of fused-ring (bicyclic) bond motifs is 1. The van der Waals surface area contributed by atoms with Crippen LogP contribution in [-0.4, -0.2) is 45.5 Å². The van der Waals surface area contributed by atoms with Crippen LogP contribution in [0.4, 0.5) is 13.2 Å². The van der Waals surface area contributed by atoms with E-state index in [0.29, 0.717) is 22.7 Å². The summed E-state index contributed by atoms with van der Waals surface area (Å²) in [5.41, 5.74) is -0.596. The number of methoxy groups -OCH3 is 1. The van der Waals surface area contributed by atoms with Crippen LogP contribution in [0.3, 0.4) is 0 Å². The van der Waals surface area contributed by atoms with Crippen LogP contribution < -0.4 is 20.3 Å². The number of hydrogen-bond acceptors (Lipinski definition) is 6. The number of nitrogens with zero attached hydrogens (tertiary/aromatic N) is 4. The van der Waals surface area contributed by atoms with Gasteiger partial charge in [0.2, 0.25) is 0 Å². The molecule has 0 spiro atoms. The molecule has 0 fully saturated rings. The lowest BCUT2D eigenvalue weighted by molar-refractivity contribution is -0.137. The molecule has 0 atom stereocenters. The molecule has 188 valence electrons. The SMILES string of the molecule is COc1ccccc1OCC(=O)NCCn1ncc2c(=O)n(Cc3cccc(C(F)(F)F)c3)cnc21. The first-order valence-electron chi connectivity index (χ1n) is 10.9. The van der Waals surface area contributed by atoms with Gasteiger partial charge >= 0.3 is 6.18 Å². The van der Waals surface area contributed by atoms with E-state index < -0.39 is 17.3 Å². The predicted octanol–water partition coefficient (Wildman–Crippen LogP) is 2.86. The van der Waals surface area contributed by atoms with Crippen LogP contribution in [0.25, 0.3) is 11.0 Å². The van der Waals surface area contributed by atoms with Gasteiger partial charge in [0.25, 0.3) is 11.5 Å². The molecule has 36 heavy (non-hydrogen) atoms. The normalized spacial score (nSPS) is 11.4. The zero-order valence-electron chi connectivity index (χ0n) is 19.2. The molecule has 9 nitrogen and oxygen atoms in total. The van der Waals surface area contributed by atoms with E-state index in [2.05, 4.69) is 15.4 Å². The molecular weight excluding hydrogens is 479 g/mol. The first-order chi connectivity index (χ1) is 17.3. The van der Waals surface area contributed by atoms with Crippen molar-refractivity contribution in [1.82, 2.24) is 24.6 Å². The van der Waals surface area contributed by atoms with Crippen LogP contribution in [0.1, 0.15) is 11.1 Å². The molecule has 4 aromatic rings. The second-order valence-corrected chi connectivity index (χ2v) is 7.77. The average Bonchev–Trinajstić information content (AvgIpc) is 3.28. The maximum Gasteiger partial charge on any atom is 0.416 e. The summed E-state index contributed by atoms with van der Waals surface area (Å²) < 4.78 is 52.2. The number of carbonyl (C=O) groups is 1. The average molecular weight is 501 g/mol. The number of para-hydroxylation sites is 2. The van der Waals surface area contributed by atoms with Crippen molar-refractivity contribution in [3.63, 3.8) is 0 Å². The van der Waals surface area contributed by atoms with Gasteiger partial charge < -0.3 is 14.8 Å². The number of nitrogens with one attached hydrogen (secondary N) is 1. The molecule has 0 aliphatic carbocycles. The van der Waals surface area contributed by atoms with Crippen molar-refractivity contribution in [2.45, 2.75) is 19.3 Å². The second-order valence-electron chi connectivity index (χ2n) is 7.77. The summed E-state index contributed by atoms with van der Waals surface area (Å²) in [6, 6.07) is 11.7. The first-order valence-corrected chi connectivity index (χ1v) is 10.9. The summed E-state index contributed by atoms with van der Waals surface area (Å²) in [6.45, 7) is 0.172. The van der Waals surface area contributed by atoms with Gasteiger partial charge in [0.1, 0.15) is 11.7 Å². The van der Waals surface area contributed by atoms with E-state index in [0.717, 1.165) is 12.1 Å². The molecule has 0 unspecified atom stereocenters. The van der Waals surface area contributed by atoms with Crippen molar-refractivity contribution >= 4 is 16.9 Å². The monoisotopic (exact) mass is 501 g/mol. The molecule has 4 rings (SSSR count). The Bertz CT molecular complexity index is 1430. The lowest BCUT2D eigenvalue weighted by Crippen LogP contribution is -2.32. The maximum atomic E-state index is 13.0. The van der Waals surface area contributed by atoms with Crippen LogP contribution in [0.2, 0.25) is 0 Å². The standard InChI is InChI=1S/C24H22F3N5O4/c1-35-19-7-2-3-8-20(19)36-14-21(33)28-9-10-32-22-18(12-30-32)23(34)31(15-29-22)13-16-5-4-6-17(11-16)24(25,26)27/h2-8,11-12,15H,9-10,13-14H2,1H3,(H,28,33). The Morgan fingerprint density at radius 2 is 1.89 bits per heavy atom. The van der Waals surface area contributed by atoms with Crippen molar-refractivity contribution in [1.29, 1.82) is 0 Å². The van der Waals surface area contributed by atoms with E-state index in [1.165, 1.54) is 41.0 Å². The summed E-state index contributed by atoms with van der Waals surface area (Å²) in [7, 11) is 1.50. The lowest BCUT2D eigenvalue weighted by atomic mass is 10.1. The molecule has 2 heterocycles. The maximum absolute atomic E-state index is 13.0. The van der Waals surface area contributed by atoms with E-state index in [1.807, 2.05) is 0 Å². The number of benzene rings is 2. The molecule has 0 saturated carbocycles. The molecule has 0 bridgehead atoms. The van der Waals surface area contributed by atoms with Crippen molar-refractivity contribution < 1.29 is 27.4 Å². The lowest BCUT2D eigenvalue weighted by Gasteiger charge is -2.11. The summed E-state index contributed by atoms with van der Waals surface area (Å²) in [4.78, 5) is 29.2. The predicted molar refractivity (Wildman–Crippen MR) is 124 cm³/mol. The highest BCUT2D eigenvalue weighted by Gasteiger charge is 2.30. The third-order valence-corrected chi connectivity index (χ3v) is 5.30. The number of amides is 1. The topological polar surface area (TPSA) is 100 Å². The fraction of sp³-hybridized carbons (Fsp3) is 0.250. The van der Waals surface area contributed by atoms with Crippen LogP contribution in [0.5, 0.6) is 11.5 Å². The van der Waals surface area contributed by atoms with Crippen LogP contribution in [-0.2, 0) is 24.1 Å². The van der Waals surface area contributed by atoms with Gasteiger partial charge in [-0.05, 0) is 29.8 Å². The van der Waals surface area contributed by atoms with Crippen molar-refractivity contribution in [2.24, 2.45) is 0 Å².